The van der Waals surface area contributed by atoms with Crippen molar-refractivity contribution in [2.75, 3.05) is 7.11 Å². The molecule has 0 fully saturated rings. The summed E-state index contributed by atoms with van der Waals surface area (Å²) < 4.78 is 34.6. The maximum atomic E-state index is 12.8. The molecule has 0 amide bonds. The fourth-order valence-corrected chi connectivity index (χ4v) is 1.53. The minimum absolute atomic E-state index is 0.301. The summed E-state index contributed by atoms with van der Waals surface area (Å²) in [5.74, 6) is -4.22. The van der Waals surface area contributed by atoms with Crippen LogP contribution in [0.2, 0.25) is 0 Å². The smallest absolute Gasteiger partial charge is 0.441 e. The van der Waals surface area contributed by atoms with E-state index < -0.39 is 23.8 Å². The summed E-state index contributed by atoms with van der Waals surface area (Å²) in [6.07, 6.45) is -4.53. The van der Waals surface area contributed by atoms with Gasteiger partial charge >= 0.3 is 12.1 Å². The molecule has 0 atom stereocenters. The zero-order chi connectivity index (χ0) is 13.9. The number of methoxy groups -OCH3 is 1. The Balaban J connectivity index is 3.17. The standard InChI is InChI=1S/C10H7F2IO5/c1-17-8(14)6-4-5(13)2-3-7(6)18-10(11,12)9(15)16/h2-4H,1H3,(H,15,16)/p-1. The molecular formula is C10H6F2IO5-. The Labute approximate surface area is 114 Å². The Morgan fingerprint density at radius 3 is 2.50 bits per heavy atom. The van der Waals surface area contributed by atoms with Gasteiger partial charge in [-0.15, -0.1) is 0 Å². The average Bonchev–Trinajstić information content (AvgIpc) is 2.30. The summed E-state index contributed by atoms with van der Waals surface area (Å²) in [5.41, 5.74) is -0.301. The molecule has 1 rings (SSSR count). The van der Waals surface area contributed by atoms with E-state index in [0.717, 1.165) is 13.2 Å². The molecule has 1 aromatic rings. The van der Waals surface area contributed by atoms with Gasteiger partial charge < -0.3 is 19.4 Å². The lowest BCUT2D eigenvalue weighted by Crippen LogP contribution is -2.45. The van der Waals surface area contributed by atoms with Crippen molar-refractivity contribution in [1.29, 1.82) is 0 Å². The molecule has 0 radical (unpaired) electrons. The molecule has 8 heteroatoms. The van der Waals surface area contributed by atoms with Crippen LogP contribution in [0.15, 0.2) is 18.2 Å². The molecule has 98 valence electrons. The van der Waals surface area contributed by atoms with Crippen LogP contribution >= 0.6 is 22.6 Å². The van der Waals surface area contributed by atoms with Gasteiger partial charge in [-0.2, -0.15) is 8.78 Å². The topological polar surface area (TPSA) is 75.7 Å². The Bertz CT molecular complexity index is 489. The lowest BCUT2D eigenvalue weighted by molar-refractivity contribution is -0.350. The summed E-state index contributed by atoms with van der Waals surface area (Å²) in [6, 6.07) is 3.64. The van der Waals surface area contributed by atoms with E-state index >= 15 is 0 Å². The lowest BCUT2D eigenvalue weighted by atomic mass is 10.2. The number of ether oxygens (including phenoxy) is 2. The van der Waals surface area contributed by atoms with Crippen molar-refractivity contribution in [3.05, 3.63) is 27.3 Å². The highest BCUT2D eigenvalue weighted by Crippen LogP contribution is 2.27. The molecule has 18 heavy (non-hydrogen) atoms. The molecule has 1 aromatic carbocycles. The molecule has 0 aliphatic rings. The van der Waals surface area contributed by atoms with Gasteiger partial charge in [0.25, 0.3) is 0 Å². The quantitative estimate of drug-likeness (QED) is 0.578. The molecule has 0 saturated heterocycles. The highest BCUT2D eigenvalue weighted by atomic mass is 127. The summed E-state index contributed by atoms with van der Waals surface area (Å²) in [4.78, 5) is 21.5. The maximum Gasteiger partial charge on any atom is 0.441 e. The van der Waals surface area contributed by atoms with E-state index in [1.54, 1.807) is 0 Å². The van der Waals surface area contributed by atoms with Crippen molar-refractivity contribution in [3.63, 3.8) is 0 Å². The summed E-state index contributed by atoms with van der Waals surface area (Å²) in [5, 5.41) is 10.1. The Morgan fingerprint density at radius 1 is 1.39 bits per heavy atom. The van der Waals surface area contributed by atoms with E-state index in [2.05, 4.69) is 9.47 Å². The molecule has 0 N–H and O–H groups in total. The number of carbonyl (C=O) groups excluding carboxylic acids is 2. The fraction of sp³-hybridized carbons (Fsp3) is 0.200. The van der Waals surface area contributed by atoms with Crippen LogP contribution in [-0.4, -0.2) is 25.2 Å². The lowest BCUT2D eigenvalue weighted by Gasteiger charge is -2.19. The molecule has 0 heterocycles. The highest BCUT2D eigenvalue weighted by molar-refractivity contribution is 14.1. The number of rotatable bonds is 4. The zero-order valence-corrected chi connectivity index (χ0v) is 11.1. The van der Waals surface area contributed by atoms with E-state index in [4.69, 9.17) is 0 Å². The van der Waals surface area contributed by atoms with Crippen LogP contribution in [0.4, 0.5) is 8.78 Å². The molecule has 0 saturated carbocycles. The number of hydrogen-bond acceptors (Lipinski definition) is 5. The van der Waals surface area contributed by atoms with Crippen LogP contribution in [0, 0.1) is 3.57 Å². The number of carboxylic acid groups (broad SMARTS) is 1. The molecule has 0 spiro atoms. The van der Waals surface area contributed by atoms with Crippen molar-refractivity contribution in [2.24, 2.45) is 0 Å². The van der Waals surface area contributed by atoms with Gasteiger partial charge in [-0.05, 0) is 40.8 Å². The molecular weight excluding hydrogens is 365 g/mol. The highest BCUT2D eigenvalue weighted by Gasteiger charge is 2.35. The molecule has 0 bridgehead atoms. The molecule has 0 aromatic heterocycles. The third-order valence-electron chi connectivity index (χ3n) is 1.82. The van der Waals surface area contributed by atoms with Gasteiger partial charge in [-0.1, -0.05) is 0 Å². The van der Waals surface area contributed by atoms with E-state index in [9.17, 15) is 23.5 Å². The largest absolute Gasteiger partial charge is 0.541 e. The third-order valence-corrected chi connectivity index (χ3v) is 2.49. The van der Waals surface area contributed by atoms with Gasteiger partial charge in [-0.25, -0.2) is 4.79 Å². The number of benzene rings is 1. The molecule has 0 aliphatic heterocycles. The second kappa shape index (κ2) is 5.46. The molecule has 5 nitrogen and oxygen atoms in total. The van der Waals surface area contributed by atoms with E-state index in [1.165, 1.54) is 12.1 Å². The average molecular weight is 371 g/mol. The van der Waals surface area contributed by atoms with Crippen LogP contribution in [0.3, 0.4) is 0 Å². The number of halogens is 3. The van der Waals surface area contributed by atoms with Crippen LogP contribution in [0.1, 0.15) is 10.4 Å². The van der Waals surface area contributed by atoms with Gasteiger partial charge in [0.05, 0.1) is 7.11 Å². The van der Waals surface area contributed by atoms with Crippen LogP contribution in [0.5, 0.6) is 5.75 Å². The van der Waals surface area contributed by atoms with Gasteiger partial charge in [-0.3, -0.25) is 0 Å². The third kappa shape index (κ3) is 3.28. The number of carbonyl (C=O) groups is 2. The van der Waals surface area contributed by atoms with Crippen LogP contribution < -0.4 is 9.84 Å². The summed E-state index contributed by atoms with van der Waals surface area (Å²) in [6.45, 7) is 0. The van der Waals surface area contributed by atoms with Crippen molar-refractivity contribution in [3.8, 4) is 5.75 Å². The molecule has 0 aliphatic carbocycles. The first-order valence-electron chi connectivity index (χ1n) is 4.44. The fourth-order valence-electron chi connectivity index (χ4n) is 1.04. The van der Waals surface area contributed by atoms with Crippen molar-refractivity contribution < 1.29 is 33.0 Å². The van der Waals surface area contributed by atoms with Crippen LogP contribution in [-0.2, 0) is 9.53 Å². The number of esters is 1. The second-order valence-corrected chi connectivity index (χ2v) is 4.28. The number of aliphatic carboxylic acids is 1. The van der Waals surface area contributed by atoms with Gasteiger partial charge in [0.15, 0.2) is 5.97 Å². The SMILES string of the molecule is COC(=O)c1cc(I)ccc1OC(F)(F)C(=O)[O-]. The predicted octanol–water partition coefficient (Wildman–Crippen LogP) is 0.799. The van der Waals surface area contributed by atoms with Crippen molar-refractivity contribution in [1.82, 2.24) is 0 Å². The van der Waals surface area contributed by atoms with Gasteiger partial charge in [0.1, 0.15) is 11.3 Å². The molecule has 0 unspecified atom stereocenters. The second-order valence-electron chi connectivity index (χ2n) is 3.04. The monoisotopic (exact) mass is 371 g/mol. The minimum Gasteiger partial charge on any atom is -0.541 e. The van der Waals surface area contributed by atoms with E-state index in [0.29, 0.717) is 3.57 Å². The normalized spacial score (nSPS) is 10.9. The first kappa shape index (κ1) is 14.6. The van der Waals surface area contributed by atoms with Gasteiger partial charge in [0, 0.05) is 3.57 Å². The number of alkyl halides is 2. The first-order valence-corrected chi connectivity index (χ1v) is 5.52. The number of carboxylic acids is 1. The van der Waals surface area contributed by atoms with E-state index in [1.807, 2.05) is 22.6 Å². The summed E-state index contributed by atoms with van der Waals surface area (Å²) in [7, 11) is 1.06. The van der Waals surface area contributed by atoms with Crippen molar-refractivity contribution >= 4 is 34.5 Å². The zero-order valence-electron chi connectivity index (χ0n) is 8.91. The van der Waals surface area contributed by atoms with E-state index in [-0.39, 0.29) is 5.56 Å². The van der Waals surface area contributed by atoms with Crippen molar-refractivity contribution in [2.45, 2.75) is 6.11 Å². The Morgan fingerprint density at radius 2 is 2.00 bits per heavy atom. The Kier molecular flexibility index (Phi) is 4.43. The summed E-state index contributed by atoms with van der Waals surface area (Å²) >= 11 is 1.84. The maximum absolute atomic E-state index is 12.8. The van der Waals surface area contributed by atoms with Crippen LogP contribution in [0.25, 0.3) is 0 Å². The first-order chi connectivity index (χ1) is 8.27. The Hall–Kier alpha value is -1.45. The predicted molar refractivity (Wildman–Crippen MR) is 61.1 cm³/mol. The minimum atomic E-state index is -4.53. The number of hydrogen-bond donors (Lipinski definition) is 0. The van der Waals surface area contributed by atoms with Gasteiger partial charge in [0.2, 0.25) is 0 Å².